The standard InChI is InChI=1S/C8H9N3/c1-2-7(5-9)8-3-4-10-6-11-8/h3-4,6-7H,2H2,1H3. The van der Waals surface area contributed by atoms with E-state index in [2.05, 4.69) is 16.0 Å². The van der Waals surface area contributed by atoms with Crippen LogP contribution in [0.25, 0.3) is 0 Å². The summed E-state index contributed by atoms with van der Waals surface area (Å²) < 4.78 is 0. The van der Waals surface area contributed by atoms with Gasteiger partial charge >= 0.3 is 0 Å². The molecule has 0 saturated heterocycles. The summed E-state index contributed by atoms with van der Waals surface area (Å²) in [4.78, 5) is 7.76. The van der Waals surface area contributed by atoms with Crippen molar-refractivity contribution in [1.82, 2.24) is 9.97 Å². The maximum absolute atomic E-state index is 8.67. The summed E-state index contributed by atoms with van der Waals surface area (Å²) in [6.07, 6.45) is 3.92. The smallest absolute Gasteiger partial charge is 0.115 e. The van der Waals surface area contributed by atoms with Crippen LogP contribution in [0.3, 0.4) is 0 Å². The van der Waals surface area contributed by atoms with Crippen molar-refractivity contribution in [2.75, 3.05) is 0 Å². The molecule has 3 nitrogen and oxygen atoms in total. The first kappa shape index (κ1) is 7.67. The molecule has 0 N–H and O–H groups in total. The second-order valence-corrected chi connectivity index (χ2v) is 2.22. The lowest BCUT2D eigenvalue weighted by molar-refractivity contribution is 0.781. The Bertz CT molecular complexity index is 250. The zero-order valence-electron chi connectivity index (χ0n) is 6.36. The van der Waals surface area contributed by atoms with E-state index in [0.29, 0.717) is 0 Å². The minimum atomic E-state index is -0.0852. The Morgan fingerprint density at radius 2 is 2.55 bits per heavy atom. The lowest BCUT2D eigenvalue weighted by Gasteiger charge is -2.02. The van der Waals surface area contributed by atoms with Crippen molar-refractivity contribution in [2.45, 2.75) is 19.3 Å². The Balaban J connectivity index is 2.85. The van der Waals surface area contributed by atoms with Gasteiger partial charge in [-0.05, 0) is 12.5 Å². The summed E-state index contributed by atoms with van der Waals surface area (Å²) in [5.74, 6) is -0.0852. The second kappa shape index (κ2) is 3.67. The minimum Gasteiger partial charge on any atom is -0.245 e. The van der Waals surface area contributed by atoms with Crippen LogP contribution in [0.5, 0.6) is 0 Å². The fourth-order valence-electron chi connectivity index (χ4n) is 0.874. The van der Waals surface area contributed by atoms with E-state index in [1.807, 2.05) is 6.92 Å². The molecule has 11 heavy (non-hydrogen) atoms. The van der Waals surface area contributed by atoms with Gasteiger partial charge in [0.15, 0.2) is 0 Å². The fourth-order valence-corrected chi connectivity index (χ4v) is 0.874. The van der Waals surface area contributed by atoms with Gasteiger partial charge in [0, 0.05) is 6.20 Å². The predicted molar refractivity (Wildman–Crippen MR) is 40.7 cm³/mol. The largest absolute Gasteiger partial charge is 0.245 e. The van der Waals surface area contributed by atoms with Crippen LogP contribution in [-0.4, -0.2) is 9.97 Å². The Labute approximate surface area is 65.7 Å². The quantitative estimate of drug-likeness (QED) is 0.636. The molecule has 0 amide bonds. The molecule has 0 spiro atoms. The molecule has 0 bridgehead atoms. The summed E-state index contributed by atoms with van der Waals surface area (Å²) >= 11 is 0. The fraction of sp³-hybridized carbons (Fsp3) is 0.375. The summed E-state index contributed by atoms with van der Waals surface area (Å²) in [7, 11) is 0. The zero-order valence-corrected chi connectivity index (χ0v) is 6.36. The lowest BCUT2D eigenvalue weighted by Crippen LogP contribution is -1.96. The highest BCUT2D eigenvalue weighted by molar-refractivity contribution is 5.13. The molecule has 1 aromatic heterocycles. The topological polar surface area (TPSA) is 49.6 Å². The van der Waals surface area contributed by atoms with E-state index < -0.39 is 0 Å². The van der Waals surface area contributed by atoms with Gasteiger partial charge in [-0.2, -0.15) is 5.26 Å². The predicted octanol–water partition coefficient (Wildman–Crippen LogP) is 1.49. The third-order valence-corrected chi connectivity index (χ3v) is 1.53. The van der Waals surface area contributed by atoms with E-state index in [9.17, 15) is 0 Å². The van der Waals surface area contributed by atoms with Crippen molar-refractivity contribution < 1.29 is 0 Å². The second-order valence-electron chi connectivity index (χ2n) is 2.22. The van der Waals surface area contributed by atoms with Crippen LogP contribution in [0.4, 0.5) is 0 Å². The van der Waals surface area contributed by atoms with Crippen molar-refractivity contribution in [2.24, 2.45) is 0 Å². The lowest BCUT2D eigenvalue weighted by atomic mass is 10.0. The first-order chi connectivity index (χ1) is 5.38. The van der Waals surface area contributed by atoms with E-state index in [0.717, 1.165) is 12.1 Å². The molecule has 0 radical (unpaired) electrons. The monoisotopic (exact) mass is 147 g/mol. The Morgan fingerprint density at radius 1 is 1.73 bits per heavy atom. The Kier molecular flexibility index (Phi) is 2.56. The maximum Gasteiger partial charge on any atom is 0.115 e. The van der Waals surface area contributed by atoms with Crippen LogP contribution in [0.2, 0.25) is 0 Å². The van der Waals surface area contributed by atoms with Crippen LogP contribution < -0.4 is 0 Å². The van der Waals surface area contributed by atoms with Gasteiger partial charge in [0.25, 0.3) is 0 Å². The molecule has 56 valence electrons. The number of hydrogen-bond acceptors (Lipinski definition) is 3. The van der Waals surface area contributed by atoms with Gasteiger partial charge in [-0.15, -0.1) is 0 Å². The third kappa shape index (κ3) is 1.74. The van der Waals surface area contributed by atoms with Crippen LogP contribution in [-0.2, 0) is 0 Å². The van der Waals surface area contributed by atoms with Crippen LogP contribution in [0, 0.1) is 11.3 Å². The van der Waals surface area contributed by atoms with Crippen molar-refractivity contribution >= 4 is 0 Å². The van der Waals surface area contributed by atoms with Gasteiger partial charge in [-0.3, -0.25) is 0 Å². The normalized spacial score (nSPS) is 12.0. The first-order valence-electron chi connectivity index (χ1n) is 3.54. The molecular weight excluding hydrogens is 138 g/mol. The van der Waals surface area contributed by atoms with Gasteiger partial charge in [-0.1, -0.05) is 6.92 Å². The molecule has 0 aliphatic rings. The summed E-state index contributed by atoms with van der Waals surface area (Å²) in [5.41, 5.74) is 0.810. The molecule has 1 heterocycles. The molecule has 1 aromatic rings. The summed E-state index contributed by atoms with van der Waals surface area (Å²) in [6, 6.07) is 3.95. The highest BCUT2D eigenvalue weighted by atomic mass is 14.8. The van der Waals surface area contributed by atoms with E-state index in [-0.39, 0.29) is 5.92 Å². The zero-order chi connectivity index (χ0) is 8.10. The highest BCUT2D eigenvalue weighted by Crippen LogP contribution is 2.13. The van der Waals surface area contributed by atoms with Gasteiger partial charge in [0.1, 0.15) is 6.33 Å². The SMILES string of the molecule is CCC(C#N)c1ccncn1. The Morgan fingerprint density at radius 3 is 3.00 bits per heavy atom. The van der Waals surface area contributed by atoms with Crippen LogP contribution >= 0.6 is 0 Å². The van der Waals surface area contributed by atoms with Gasteiger partial charge in [-0.25, -0.2) is 9.97 Å². The number of hydrogen-bond donors (Lipinski definition) is 0. The number of nitrogens with zero attached hydrogens (tertiary/aromatic N) is 3. The first-order valence-corrected chi connectivity index (χ1v) is 3.54. The highest BCUT2D eigenvalue weighted by Gasteiger charge is 2.07. The third-order valence-electron chi connectivity index (χ3n) is 1.53. The summed E-state index contributed by atoms with van der Waals surface area (Å²) in [6.45, 7) is 1.97. The number of rotatable bonds is 2. The van der Waals surface area contributed by atoms with Crippen molar-refractivity contribution in [3.05, 3.63) is 24.3 Å². The number of aromatic nitrogens is 2. The molecule has 0 saturated carbocycles. The molecular formula is C8H9N3. The molecule has 0 aromatic carbocycles. The van der Waals surface area contributed by atoms with Crippen molar-refractivity contribution in [3.63, 3.8) is 0 Å². The molecule has 0 fully saturated rings. The molecule has 0 aliphatic heterocycles. The summed E-state index contributed by atoms with van der Waals surface area (Å²) in [5, 5.41) is 8.67. The molecule has 1 rings (SSSR count). The van der Waals surface area contributed by atoms with Crippen molar-refractivity contribution in [1.29, 1.82) is 5.26 Å². The van der Waals surface area contributed by atoms with Gasteiger partial charge < -0.3 is 0 Å². The average Bonchev–Trinajstić information content (AvgIpc) is 2.09. The van der Waals surface area contributed by atoms with E-state index in [1.165, 1.54) is 6.33 Å². The molecule has 1 atom stereocenters. The van der Waals surface area contributed by atoms with E-state index >= 15 is 0 Å². The Hall–Kier alpha value is -1.43. The van der Waals surface area contributed by atoms with E-state index in [4.69, 9.17) is 5.26 Å². The van der Waals surface area contributed by atoms with Gasteiger partial charge in [0.05, 0.1) is 17.7 Å². The van der Waals surface area contributed by atoms with Crippen molar-refractivity contribution in [3.8, 4) is 6.07 Å². The van der Waals surface area contributed by atoms with E-state index in [1.54, 1.807) is 12.3 Å². The van der Waals surface area contributed by atoms with Crippen LogP contribution in [0.1, 0.15) is 25.0 Å². The minimum absolute atomic E-state index is 0.0852. The molecule has 3 heteroatoms. The molecule has 0 aliphatic carbocycles. The van der Waals surface area contributed by atoms with Crippen LogP contribution in [0.15, 0.2) is 18.6 Å². The average molecular weight is 147 g/mol. The molecule has 1 unspecified atom stereocenters. The van der Waals surface area contributed by atoms with Gasteiger partial charge in [0.2, 0.25) is 0 Å². The maximum atomic E-state index is 8.67. The number of nitriles is 1.